The fraction of sp³-hybridized carbons (Fsp3) is 0.250. The number of halogens is 3. The molecule has 2 rings (SSSR count). The van der Waals surface area contributed by atoms with Crippen LogP contribution in [0, 0.1) is 0 Å². The number of nitrogens with two attached hydrogens (primary N) is 1. The quantitative estimate of drug-likeness (QED) is 0.889. The number of nitrogen functional groups attached to an aromatic ring is 1. The number of hydrogen-bond donors (Lipinski definition) is 2. The zero-order valence-corrected chi connectivity index (χ0v) is 10.7. The predicted molar refractivity (Wildman–Crippen MR) is 66.3 cm³/mol. The average molecular weight is 287 g/mol. The minimum Gasteiger partial charge on any atom is -0.504 e. The van der Waals surface area contributed by atoms with Gasteiger partial charge in [-0.1, -0.05) is 0 Å². The smallest absolute Gasteiger partial charge is 0.420 e. The van der Waals surface area contributed by atoms with Gasteiger partial charge in [0, 0.05) is 18.2 Å². The van der Waals surface area contributed by atoms with Crippen LogP contribution in [0.1, 0.15) is 5.56 Å². The third-order valence-electron chi connectivity index (χ3n) is 2.92. The molecule has 0 atom stereocenters. The molecule has 0 aliphatic heterocycles. The SMILES string of the molecule is COc1c(C(F)(F)F)ccc(-c2cnn(C)c2N)c1O. The summed E-state index contributed by atoms with van der Waals surface area (Å²) >= 11 is 0. The van der Waals surface area contributed by atoms with Gasteiger partial charge in [0.15, 0.2) is 11.5 Å². The molecule has 0 amide bonds. The fourth-order valence-corrected chi connectivity index (χ4v) is 1.87. The Morgan fingerprint density at radius 2 is 1.95 bits per heavy atom. The van der Waals surface area contributed by atoms with E-state index in [1.54, 1.807) is 7.05 Å². The summed E-state index contributed by atoms with van der Waals surface area (Å²) in [5, 5.41) is 13.9. The third kappa shape index (κ3) is 2.13. The van der Waals surface area contributed by atoms with Crippen LogP contribution < -0.4 is 10.5 Å². The van der Waals surface area contributed by atoms with Gasteiger partial charge in [-0.15, -0.1) is 0 Å². The third-order valence-corrected chi connectivity index (χ3v) is 2.92. The van der Waals surface area contributed by atoms with E-state index in [0.717, 1.165) is 19.2 Å². The van der Waals surface area contributed by atoms with Gasteiger partial charge in [0.05, 0.1) is 13.3 Å². The summed E-state index contributed by atoms with van der Waals surface area (Å²) in [6, 6.07) is 1.97. The lowest BCUT2D eigenvalue weighted by molar-refractivity contribution is -0.138. The first-order valence-corrected chi connectivity index (χ1v) is 5.52. The average Bonchev–Trinajstić information content (AvgIpc) is 2.69. The molecular formula is C12H12F3N3O2. The molecule has 5 nitrogen and oxygen atoms in total. The van der Waals surface area contributed by atoms with Gasteiger partial charge in [-0.25, -0.2) is 0 Å². The molecule has 1 heterocycles. The number of aromatic nitrogens is 2. The zero-order chi connectivity index (χ0) is 15.1. The number of aromatic hydroxyl groups is 1. The van der Waals surface area contributed by atoms with Gasteiger partial charge in [0.1, 0.15) is 11.4 Å². The van der Waals surface area contributed by atoms with E-state index in [1.807, 2.05) is 0 Å². The van der Waals surface area contributed by atoms with Gasteiger partial charge in [-0.2, -0.15) is 18.3 Å². The molecule has 1 aromatic heterocycles. The molecule has 108 valence electrons. The molecule has 3 N–H and O–H groups in total. The largest absolute Gasteiger partial charge is 0.504 e. The van der Waals surface area contributed by atoms with Crippen molar-refractivity contribution in [2.24, 2.45) is 7.05 Å². The van der Waals surface area contributed by atoms with Crippen LogP contribution >= 0.6 is 0 Å². The van der Waals surface area contributed by atoms with E-state index in [0.29, 0.717) is 5.56 Å². The molecule has 8 heteroatoms. The molecule has 0 saturated carbocycles. The minimum atomic E-state index is -4.62. The maximum absolute atomic E-state index is 12.8. The summed E-state index contributed by atoms with van der Waals surface area (Å²) in [6.45, 7) is 0. The number of aryl methyl sites for hydroxylation is 1. The monoisotopic (exact) mass is 287 g/mol. The maximum Gasteiger partial charge on any atom is 0.420 e. The van der Waals surface area contributed by atoms with Crippen molar-refractivity contribution in [1.82, 2.24) is 9.78 Å². The van der Waals surface area contributed by atoms with Gasteiger partial charge in [0.25, 0.3) is 0 Å². The van der Waals surface area contributed by atoms with Gasteiger partial charge in [0.2, 0.25) is 0 Å². The number of ether oxygens (including phenoxy) is 1. The topological polar surface area (TPSA) is 73.3 Å². The Bertz CT molecular complexity index is 650. The second-order valence-electron chi connectivity index (χ2n) is 4.11. The van der Waals surface area contributed by atoms with Crippen LogP contribution in [0.3, 0.4) is 0 Å². The summed E-state index contributed by atoms with van der Waals surface area (Å²) in [5.41, 5.74) is 5.15. The highest BCUT2D eigenvalue weighted by molar-refractivity contribution is 5.81. The molecule has 2 aromatic rings. The van der Waals surface area contributed by atoms with Crippen LogP contribution in [-0.2, 0) is 13.2 Å². The standard InChI is InChI=1S/C12H12F3N3O2/c1-18-11(16)7(5-17-18)6-3-4-8(12(13,14)15)10(20-2)9(6)19/h3-5,19H,16H2,1-2H3. The number of rotatable bonds is 2. The van der Waals surface area contributed by atoms with Crippen molar-refractivity contribution >= 4 is 5.82 Å². The highest BCUT2D eigenvalue weighted by atomic mass is 19.4. The van der Waals surface area contributed by atoms with E-state index in [2.05, 4.69) is 9.84 Å². The Balaban J connectivity index is 2.67. The molecule has 0 aliphatic rings. The van der Waals surface area contributed by atoms with E-state index in [4.69, 9.17) is 5.73 Å². The molecule has 1 aromatic carbocycles. The second kappa shape index (κ2) is 4.62. The van der Waals surface area contributed by atoms with Crippen molar-refractivity contribution in [2.75, 3.05) is 12.8 Å². The number of hydrogen-bond acceptors (Lipinski definition) is 4. The van der Waals surface area contributed by atoms with Crippen LogP contribution in [0.25, 0.3) is 11.1 Å². The lowest BCUT2D eigenvalue weighted by Crippen LogP contribution is -2.08. The van der Waals surface area contributed by atoms with Crippen LogP contribution in [-0.4, -0.2) is 22.0 Å². The molecule has 20 heavy (non-hydrogen) atoms. The molecule has 0 bridgehead atoms. The summed E-state index contributed by atoms with van der Waals surface area (Å²) in [6.07, 6.45) is -3.26. The number of phenolic OH excluding ortho intramolecular Hbond substituents is 1. The number of phenols is 1. The van der Waals surface area contributed by atoms with Crippen molar-refractivity contribution in [1.29, 1.82) is 0 Å². The highest BCUT2D eigenvalue weighted by Gasteiger charge is 2.36. The molecule has 0 radical (unpaired) electrons. The first-order chi connectivity index (χ1) is 9.27. The lowest BCUT2D eigenvalue weighted by Gasteiger charge is -2.15. The second-order valence-corrected chi connectivity index (χ2v) is 4.11. The fourth-order valence-electron chi connectivity index (χ4n) is 1.87. The van der Waals surface area contributed by atoms with Crippen molar-refractivity contribution < 1.29 is 23.0 Å². The molecule has 0 spiro atoms. The normalized spacial score (nSPS) is 11.7. The highest BCUT2D eigenvalue weighted by Crippen LogP contribution is 2.46. The minimum absolute atomic E-state index is 0.125. The van der Waals surface area contributed by atoms with Crippen molar-refractivity contribution in [3.8, 4) is 22.6 Å². The van der Waals surface area contributed by atoms with Gasteiger partial charge in [-0.3, -0.25) is 4.68 Å². The summed E-state index contributed by atoms with van der Waals surface area (Å²) in [5.74, 6) is -1.04. The Labute approximate surface area is 112 Å². The van der Waals surface area contributed by atoms with Gasteiger partial charge in [-0.05, 0) is 12.1 Å². The molecule has 0 fully saturated rings. The van der Waals surface area contributed by atoms with E-state index in [1.165, 1.54) is 10.9 Å². The Morgan fingerprint density at radius 3 is 2.40 bits per heavy atom. The first-order valence-electron chi connectivity index (χ1n) is 5.52. The van der Waals surface area contributed by atoms with Crippen molar-refractivity contribution in [2.45, 2.75) is 6.18 Å². The number of methoxy groups -OCH3 is 1. The zero-order valence-electron chi connectivity index (χ0n) is 10.7. The van der Waals surface area contributed by atoms with Gasteiger partial charge < -0.3 is 15.6 Å². The van der Waals surface area contributed by atoms with Crippen molar-refractivity contribution in [3.05, 3.63) is 23.9 Å². The summed E-state index contributed by atoms with van der Waals surface area (Å²) < 4.78 is 44.4. The molecule has 0 unspecified atom stereocenters. The number of nitrogens with zero attached hydrogens (tertiary/aromatic N) is 2. The van der Waals surface area contributed by atoms with Crippen molar-refractivity contribution in [3.63, 3.8) is 0 Å². The van der Waals surface area contributed by atoms with Gasteiger partial charge >= 0.3 is 6.18 Å². The Hall–Kier alpha value is -2.38. The number of alkyl halides is 3. The Kier molecular flexibility index (Phi) is 3.24. The van der Waals surface area contributed by atoms with E-state index in [9.17, 15) is 18.3 Å². The number of anilines is 1. The number of benzene rings is 1. The molecule has 0 aliphatic carbocycles. The van der Waals surface area contributed by atoms with Crippen LogP contribution in [0.5, 0.6) is 11.5 Å². The lowest BCUT2D eigenvalue weighted by atomic mass is 10.0. The van der Waals surface area contributed by atoms with E-state index < -0.39 is 23.2 Å². The molecule has 0 saturated heterocycles. The van der Waals surface area contributed by atoms with Crippen LogP contribution in [0.2, 0.25) is 0 Å². The van der Waals surface area contributed by atoms with Crippen LogP contribution in [0.4, 0.5) is 19.0 Å². The Morgan fingerprint density at radius 1 is 1.30 bits per heavy atom. The van der Waals surface area contributed by atoms with E-state index >= 15 is 0 Å². The first kappa shape index (κ1) is 14.0. The van der Waals surface area contributed by atoms with E-state index in [-0.39, 0.29) is 11.4 Å². The summed E-state index contributed by atoms with van der Waals surface area (Å²) in [4.78, 5) is 0. The maximum atomic E-state index is 12.8. The van der Waals surface area contributed by atoms with Crippen LogP contribution in [0.15, 0.2) is 18.3 Å². The summed E-state index contributed by atoms with van der Waals surface area (Å²) in [7, 11) is 2.64. The predicted octanol–water partition coefficient (Wildman–Crippen LogP) is 2.40. The molecular weight excluding hydrogens is 275 g/mol.